The summed E-state index contributed by atoms with van der Waals surface area (Å²) >= 11 is 0. The van der Waals surface area contributed by atoms with E-state index in [1.807, 2.05) is 25.1 Å². The second kappa shape index (κ2) is 5.04. The Kier molecular flexibility index (Phi) is 3.70. The quantitative estimate of drug-likeness (QED) is 0.724. The normalized spacial score (nSPS) is 9.07. The van der Waals surface area contributed by atoms with Gasteiger partial charge in [0.05, 0.1) is 18.6 Å². The van der Waals surface area contributed by atoms with Crippen LogP contribution in [-0.2, 0) is 12.8 Å². The summed E-state index contributed by atoms with van der Waals surface area (Å²) < 4.78 is 0. The summed E-state index contributed by atoms with van der Waals surface area (Å²) in [6, 6.07) is 10.3. The van der Waals surface area contributed by atoms with E-state index in [9.17, 15) is 0 Å². The van der Waals surface area contributed by atoms with E-state index in [-0.39, 0.29) is 0 Å². The number of nitrogens with zero attached hydrogens (tertiary/aromatic N) is 2. The lowest BCUT2D eigenvalue weighted by atomic mass is 9.99. The van der Waals surface area contributed by atoms with E-state index >= 15 is 0 Å². The molecule has 0 spiro atoms. The van der Waals surface area contributed by atoms with E-state index in [1.54, 1.807) is 0 Å². The largest absolute Gasteiger partial charge is 0.198 e. The van der Waals surface area contributed by atoms with Gasteiger partial charge < -0.3 is 0 Å². The molecule has 0 atom stereocenters. The molecule has 70 valence electrons. The van der Waals surface area contributed by atoms with Gasteiger partial charge in [0.1, 0.15) is 0 Å². The van der Waals surface area contributed by atoms with Crippen molar-refractivity contribution in [2.45, 2.75) is 26.2 Å². The van der Waals surface area contributed by atoms with Gasteiger partial charge in [-0.05, 0) is 24.5 Å². The number of aryl methyl sites for hydroxylation is 2. The minimum absolute atomic E-state index is 0.433. The zero-order valence-electron chi connectivity index (χ0n) is 8.25. The van der Waals surface area contributed by atoms with Crippen molar-refractivity contribution in [2.24, 2.45) is 0 Å². The summed E-state index contributed by atoms with van der Waals surface area (Å²) in [6.07, 6.45) is 1.69. The first-order valence-electron chi connectivity index (χ1n) is 4.60. The fourth-order valence-corrected chi connectivity index (χ4v) is 1.44. The first-order chi connectivity index (χ1) is 6.77. The maximum Gasteiger partial charge on any atom is 0.0669 e. The van der Waals surface area contributed by atoms with Crippen molar-refractivity contribution in [3.05, 3.63) is 34.9 Å². The number of hydrogen-bond donors (Lipinski definition) is 0. The zero-order valence-corrected chi connectivity index (χ0v) is 8.25. The van der Waals surface area contributed by atoms with E-state index in [0.717, 1.165) is 23.1 Å². The Morgan fingerprint density at radius 3 is 2.57 bits per heavy atom. The van der Waals surface area contributed by atoms with Crippen molar-refractivity contribution in [2.75, 3.05) is 0 Å². The summed E-state index contributed by atoms with van der Waals surface area (Å²) in [4.78, 5) is 0. The molecular formula is C12H12N2. The van der Waals surface area contributed by atoms with Gasteiger partial charge in [0, 0.05) is 6.42 Å². The molecule has 0 aliphatic heterocycles. The Morgan fingerprint density at radius 1 is 1.14 bits per heavy atom. The molecule has 0 aliphatic carbocycles. The number of benzene rings is 1. The van der Waals surface area contributed by atoms with Crippen molar-refractivity contribution < 1.29 is 0 Å². The predicted molar refractivity (Wildman–Crippen MR) is 54.4 cm³/mol. The minimum Gasteiger partial charge on any atom is -0.198 e. The van der Waals surface area contributed by atoms with Crippen molar-refractivity contribution in [3.8, 4) is 12.1 Å². The van der Waals surface area contributed by atoms with E-state index < -0.39 is 0 Å². The summed E-state index contributed by atoms with van der Waals surface area (Å²) in [6.45, 7) is 2.01. The van der Waals surface area contributed by atoms with Gasteiger partial charge in [-0.3, -0.25) is 0 Å². The van der Waals surface area contributed by atoms with E-state index in [1.165, 1.54) is 0 Å². The van der Waals surface area contributed by atoms with Gasteiger partial charge in [0.25, 0.3) is 0 Å². The standard InChI is InChI=1S/C12H12N2/c1-10-4-5-11(3-2-7-13)12(9-10)6-8-14/h4-5,9H,2-3,6H2,1H3. The molecule has 1 aromatic rings. The topological polar surface area (TPSA) is 47.6 Å². The van der Waals surface area contributed by atoms with Crippen molar-refractivity contribution >= 4 is 0 Å². The Morgan fingerprint density at radius 2 is 1.93 bits per heavy atom. The van der Waals surface area contributed by atoms with Crippen LogP contribution in [0, 0.1) is 29.6 Å². The first-order valence-corrected chi connectivity index (χ1v) is 4.60. The van der Waals surface area contributed by atoms with E-state index in [4.69, 9.17) is 10.5 Å². The molecule has 0 aromatic heterocycles. The van der Waals surface area contributed by atoms with Crippen LogP contribution in [0.3, 0.4) is 0 Å². The van der Waals surface area contributed by atoms with Crippen molar-refractivity contribution in [3.63, 3.8) is 0 Å². The Balaban J connectivity index is 2.92. The summed E-state index contributed by atoms with van der Waals surface area (Å²) in [7, 11) is 0. The molecule has 0 N–H and O–H groups in total. The highest BCUT2D eigenvalue weighted by atomic mass is 14.2. The average molecular weight is 184 g/mol. The van der Waals surface area contributed by atoms with Gasteiger partial charge >= 0.3 is 0 Å². The molecule has 1 aromatic carbocycles. The lowest BCUT2D eigenvalue weighted by Crippen LogP contribution is -1.94. The Bertz CT molecular complexity index is 394. The predicted octanol–water partition coefficient (Wildman–Crippen LogP) is 2.52. The van der Waals surface area contributed by atoms with Crippen LogP contribution in [0.15, 0.2) is 18.2 Å². The molecule has 2 nitrogen and oxygen atoms in total. The lowest BCUT2D eigenvalue weighted by molar-refractivity contribution is 0.983. The molecule has 0 heterocycles. The molecule has 0 saturated carbocycles. The van der Waals surface area contributed by atoms with Crippen LogP contribution in [0.1, 0.15) is 23.1 Å². The number of nitriles is 2. The fourth-order valence-electron chi connectivity index (χ4n) is 1.44. The van der Waals surface area contributed by atoms with Crippen LogP contribution in [0.2, 0.25) is 0 Å². The molecule has 0 aliphatic rings. The highest BCUT2D eigenvalue weighted by Crippen LogP contribution is 2.14. The van der Waals surface area contributed by atoms with Gasteiger partial charge in [-0.2, -0.15) is 10.5 Å². The summed E-state index contributed by atoms with van der Waals surface area (Å²) in [5, 5.41) is 17.1. The lowest BCUT2D eigenvalue weighted by Gasteiger charge is -2.05. The molecular weight excluding hydrogens is 172 g/mol. The minimum atomic E-state index is 0.433. The van der Waals surface area contributed by atoms with Gasteiger partial charge in [0.2, 0.25) is 0 Å². The van der Waals surface area contributed by atoms with Crippen molar-refractivity contribution in [1.82, 2.24) is 0 Å². The molecule has 14 heavy (non-hydrogen) atoms. The summed E-state index contributed by atoms with van der Waals surface area (Å²) in [5.74, 6) is 0. The maximum absolute atomic E-state index is 8.65. The first kappa shape index (κ1) is 10.3. The van der Waals surface area contributed by atoms with Crippen LogP contribution in [0.4, 0.5) is 0 Å². The zero-order chi connectivity index (χ0) is 10.4. The monoisotopic (exact) mass is 184 g/mol. The van der Waals surface area contributed by atoms with Crippen LogP contribution in [-0.4, -0.2) is 0 Å². The van der Waals surface area contributed by atoms with E-state index in [0.29, 0.717) is 12.8 Å². The fraction of sp³-hybridized carbons (Fsp3) is 0.333. The molecule has 0 saturated heterocycles. The molecule has 0 radical (unpaired) electrons. The molecule has 0 bridgehead atoms. The second-order valence-electron chi connectivity index (χ2n) is 3.27. The Labute approximate surface area is 84.4 Å². The van der Waals surface area contributed by atoms with Crippen LogP contribution >= 0.6 is 0 Å². The second-order valence-corrected chi connectivity index (χ2v) is 3.27. The average Bonchev–Trinajstić information content (AvgIpc) is 2.17. The maximum atomic E-state index is 8.65. The van der Waals surface area contributed by atoms with Crippen LogP contribution < -0.4 is 0 Å². The Hall–Kier alpha value is -1.80. The van der Waals surface area contributed by atoms with Gasteiger partial charge in [-0.15, -0.1) is 0 Å². The molecule has 2 heteroatoms. The number of hydrogen-bond acceptors (Lipinski definition) is 2. The molecule has 0 amide bonds. The number of rotatable bonds is 3. The highest BCUT2D eigenvalue weighted by Gasteiger charge is 2.01. The third kappa shape index (κ3) is 2.61. The van der Waals surface area contributed by atoms with Gasteiger partial charge in [-0.25, -0.2) is 0 Å². The highest BCUT2D eigenvalue weighted by molar-refractivity contribution is 5.33. The third-order valence-corrected chi connectivity index (χ3v) is 2.14. The third-order valence-electron chi connectivity index (χ3n) is 2.14. The van der Waals surface area contributed by atoms with Crippen molar-refractivity contribution in [1.29, 1.82) is 10.5 Å². The van der Waals surface area contributed by atoms with Crippen LogP contribution in [0.5, 0.6) is 0 Å². The SMILES string of the molecule is Cc1ccc(CCC#N)c(CC#N)c1. The van der Waals surface area contributed by atoms with Crippen LogP contribution in [0.25, 0.3) is 0 Å². The summed E-state index contributed by atoms with van der Waals surface area (Å²) in [5.41, 5.74) is 3.34. The molecule has 0 unspecified atom stereocenters. The van der Waals surface area contributed by atoms with E-state index in [2.05, 4.69) is 12.1 Å². The van der Waals surface area contributed by atoms with Gasteiger partial charge in [-0.1, -0.05) is 23.8 Å². The van der Waals surface area contributed by atoms with Gasteiger partial charge in [0.15, 0.2) is 0 Å². The molecule has 1 rings (SSSR count). The molecule has 0 fully saturated rings. The smallest absolute Gasteiger partial charge is 0.0669 e.